The molecule has 3 rings (SSSR count). The number of fused-ring (bicyclic) bond motifs is 1. The molecule has 5 nitrogen and oxygen atoms in total. The zero-order chi connectivity index (χ0) is 16.2. The van der Waals surface area contributed by atoms with E-state index in [4.69, 9.17) is 0 Å². The molecule has 23 heavy (non-hydrogen) atoms. The highest BCUT2D eigenvalue weighted by Crippen LogP contribution is 2.30. The van der Waals surface area contributed by atoms with Gasteiger partial charge in [-0.15, -0.1) is 0 Å². The second-order valence-corrected chi connectivity index (χ2v) is 7.59. The molecule has 2 aliphatic rings. The van der Waals surface area contributed by atoms with Crippen LogP contribution >= 0.6 is 0 Å². The monoisotopic (exact) mass is 318 g/mol. The van der Waals surface area contributed by atoms with Gasteiger partial charge in [0.25, 0.3) is 5.91 Å². The highest BCUT2D eigenvalue weighted by molar-refractivity contribution is 5.92. The quantitative estimate of drug-likeness (QED) is 0.877. The third-order valence-electron chi connectivity index (χ3n) is 5.25. The van der Waals surface area contributed by atoms with Crippen molar-refractivity contribution in [1.29, 1.82) is 0 Å². The number of hydrogen-bond donors (Lipinski definition) is 2. The third kappa shape index (κ3) is 4.14. The standard InChI is InChI=1S/C18H30N4O/c1-13(2)10-15-11-16(21-20-15)18(23)19-12-14-6-5-9-22-8-4-3-7-17(14)22/h11,13-14,17H,3-10,12H2,1-2H3,(H,19,23)(H,20,21)/t14-,17-/m1/s1. The van der Waals surface area contributed by atoms with E-state index in [1.165, 1.54) is 45.2 Å². The van der Waals surface area contributed by atoms with Gasteiger partial charge in [0.15, 0.2) is 0 Å². The van der Waals surface area contributed by atoms with Crippen LogP contribution in [-0.2, 0) is 6.42 Å². The number of H-pyrrole nitrogens is 1. The maximum Gasteiger partial charge on any atom is 0.271 e. The van der Waals surface area contributed by atoms with E-state index >= 15 is 0 Å². The van der Waals surface area contributed by atoms with Crippen LogP contribution in [0.4, 0.5) is 0 Å². The first kappa shape index (κ1) is 16.5. The van der Waals surface area contributed by atoms with Crippen molar-refractivity contribution < 1.29 is 4.79 Å². The van der Waals surface area contributed by atoms with E-state index in [-0.39, 0.29) is 5.91 Å². The molecule has 0 aliphatic carbocycles. The van der Waals surface area contributed by atoms with Crippen molar-refractivity contribution in [2.45, 2.75) is 58.4 Å². The molecule has 2 atom stereocenters. The molecule has 5 heteroatoms. The first-order valence-electron chi connectivity index (χ1n) is 9.20. The number of carbonyl (C=O) groups excluding carboxylic acids is 1. The molecule has 2 aliphatic heterocycles. The van der Waals surface area contributed by atoms with Crippen molar-refractivity contribution in [2.75, 3.05) is 19.6 Å². The molecule has 128 valence electrons. The van der Waals surface area contributed by atoms with Crippen LogP contribution in [0.2, 0.25) is 0 Å². The predicted octanol–water partition coefficient (Wildman–Crippen LogP) is 2.60. The van der Waals surface area contributed by atoms with Crippen molar-refractivity contribution >= 4 is 5.91 Å². The van der Waals surface area contributed by atoms with Crippen LogP contribution in [0.3, 0.4) is 0 Å². The fourth-order valence-corrected chi connectivity index (χ4v) is 4.15. The fourth-order valence-electron chi connectivity index (χ4n) is 4.15. The lowest BCUT2D eigenvalue weighted by atomic mass is 9.83. The Bertz CT molecular complexity index is 523. The summed E-state index contributed by atoms with van der Waals surface area (Å²) in [6.07, 6.45) is 7.39. The Labute approximate surface area is 139 Å². The number of rotatable bonds is 5. The fraction of sp³-hybridized carbons (Fsp3) is 0.778. The Morgan fingerprint density at radius 2 is 2.17 bits per heavy atom. The van der Waals surface area contributed by atoms with E-state index in [0.717, 1.165) is 18.7 Å². The SMILES string of the molecule is CC(C)Cc1cc(C(=O)NC[C@H]2CCCN3CCCC[C@H]23)n[nH]1. The third-order valence-corrected chi connectivity index (χ3v) is 5.25. The molecule has 0 spiro atoms. The molecule has 0 bridgehead atoms. The molecule has 1 aromatic heterocycles. The molecule has 0 radical (unpaired) electrons. The minimum absolute atomic E-state index is 0.0378. The molecule has 2 saturated heterocycles. The Morgan fingerprint density at radius 3 is 3.00 bits per heavy atom. The van der Waals surface area contributed by atoms with Gasteiger partial charge in [-0.05, 0) is 63.1 Å². The highest BCUT2D eigenvalue weighted by atomic mass is 16.1. The van der Waals surface area contributed by atoms with Crippen LogP contribution < -0.4 is 5.32 Å². The Hall–Kier alpha value is -1.36. The minimum atomic E-state index is -0.0378. The number of hydrogen-bond acceptors (Lipinski definition) is 3. The average Bonchev–Trinajstić information content (AvgIpc) is 3.00. The second kappa shape index (κ2) is 7.47. The Morgan fingerprint density at radius 1 is 1.35 bits per heavy atom. The predicted molar refractivity (Wildman–Crippen MR) is 91.4 cm³/mol. The summed E-state index contributed by atoms with van der Waals surface area (Å²) in [4.78, 5) is 15.0. The van der Waals surface area contributed by atoms with Gasteiger partial charge in [0, 0.05) is 18.3 Å². The van der Waals surface area contributed by atoms with E-state index in [0.29, 0.717) is 23.6 Å². The molecule has 0 unspecified atom stereocenters. The molecule has 0 aromatic carbocycles. The largest absolute Gasteiger partial charge is 0.350 e. The van der Waals surface area contributed by atoms with E-state index in [1.807, 2.05) is 6.07 Å². The lowest BCUT2D eigenvalue weighted by molar-refractivity contribution is 0.0575. The van der Waals surface area contributed by atoms with Gasteiger partial charge in [0.05, 0.1) is 0 Å². The van der Waals surface area contributed by atoms with Gasteiger partial charge in [-0.1, -0.05) is 20.3 Å². The van der Waals surface area contributed by atoms with Gasteiger partial charge >= 0.3 is 0 Å². The Balaban J connectivity index is 1.52. The molecule has 2 N–H and O–H groups in total. The van der Waals surface area contributed by atoms with Gasteiger partial charge in [-0.25, -0.2) is 0 Å². The first-order chi connectivity index (χ1) is 11.1. The summed E-state index contributed by atoms with van der Waals surface area (Å²) in [5.41, 5.74) is 1.57. The van der Waals surface area contributed by atoms with Crippen molar-refractivity contribution in [3.05, 3.63) is 17.5 Å². The number of nitrogens with zero attached hydrogens (tertiary/aromatic N) is 2. The van der Waals surface area contributed by atoms with Crippen LogP contribution in [0.15, 0.2) is 6.07 Å². The van der Waals surface area contributed by atoms with Gasteiger partial charge in [-0.2, -0.15) is 5.10 Å². The van der Waals surface area contributed by atoms with Crippen LogP contribution in [0.25, 0.3) is 0 Å². The summed E-state index contributed by atoms with van der Waals surface area (Å²) >= 11 is 0. The second-order valence-electron chi connectivity index (χ2n) is 7.59. The summed E-state index contributed by atoms with van der Waals surface area (Å²) in [6.45, 7) is 7.60. The maximum atomic E-state index is 12.3. The Kier molecular flexibility index (Phi) is 5.36. The van der Waals surface area contributed by atoms with Gasteiger partial charge in [-0.3, -0.25) is 9.89 Å². The summed E-state index contributed by atoms with van der Waals surface area (Å²) in [6, 6.07) is 2.57. The number of amides is 1. The number of nitrogens with one attached hydrogen (secondary N) is 2. The van der Waals surface area contributed by atoms with Crippen LogP contribution in [0.1, 0.15) is 62.1 Å². The summed E-state index contributed by atoms with van der Waals surface area (Å²) < 4.78 is 0. The van der Waals surface area contributed by atoms with Crippen molar-refractivity contribution in [3.8, 4) is 0 Å². The lowest BCUT2D eigenvalue weighted by Crippen LogP contribution is -2.51. The summed E-state index contributed by atoms with van der Waals surface area (Å²) in [7, 11) is 0. The maximum absolute atomic E-state index is 12.3. The van der Waals surface area contributed by atoms with Gasteiger partial charge in [0.1, 0.15) is 5.69 Å². The number of piperidine rings is 2. The van der Waals surface area contributed by atoms with Crippen LogP contribution in [0.5, 0.6) is 0 Å². The topological polar surface area (TPSA) is 61.0 Å². The lowest BCUT2D eigenvalue weighted by Gasteiger charge is -2.44. The minimum Gasteiger partial charge on any atom is -0.350 e. The van der Waals surface area contributed by atoms with Crippen molar-refractivity contribution in [2.24, 2.45) is 11.8 Å². The van der Waals surface area contributed by atoms with E-state index in [1.54, 1.807) is 0 Å². The van der Waals surface area contributed by atoms with E-state index in [9.17, 15) is 4.79 Å². The number of aromatic amines is 1. The summed E-state index contributed by atoms with van der Waals surface area (Å²) in [5.74, 6) is 1.12. The summed E-state index contributed by atoms with van der Waals surface area (Å²) in [5, 5.41) is 10.3. The first-order valence-corrected chi connectivity index (χ1v) is 9.20. The van der Waals surface area contributed by atoms with Crippen LogP contribution in [-0.4, -0.2) is 46.7 Å². The van der Waals surface area contributed by atoms with Gasteiger partial charge < -0.3 is 10.2 Å². The van der Waals surface area contributed by atoms with Crippen LogP contribution in [0, 0.1) is 11.8 Å². The van der Waals surface area contributed by atoms with Crippen molar-refractivity contribution in [1.82, 2.24) is 20.4 Å². The van der Waals surface area contributed by atoms with Crippen molar-refractivity contribution in [3.63, 3.8) is 0 Å². The molecule has 3 heterocycles. The number of aromatic nitrogens is 2. The highest BCUT2D eigenvalue weighted by Gasteiger charge is 2.33. The van der Waals surface area contributed by atoms with Gasteiger partial charge in [0.2, 0.25) is 0 Å². The molecular formula is C18H30N4O. The molecule has 0 saturated carbocycles. The molecule has 1 aromatic rings. The average molecular weight is 318 g/mol. The zero-order valence-electron chi connectivity index (χ0n) is 14.5. The molecular weight excluding hydrogens is 288 g/mol. The van der Waals surface area contributed by atoms with E-state index < -0.39 is 0 Å². The normalized spacial score (nSPS) is 25.3. The molecule has 1 amide bonds. The van der Waals surface area contributed by atoms with E-state index in [2.05, 4.69) is 34.3 Å². The number of carbonyl (C=O) groups is 1. The smallest absolute Gasteiger partial charge is 0.271 e. The molecule has 2 fully saturated rings. The zero-order valence-corrected chi connectivity index (χ0v) is 14.5.